The summed E-state index contributed by atoms with van der Waals surface area (Å²) in [6, 6.07) is 4.02. The molecule has 0 fully saturated rings. The van der Waals surface area contributed by atoms with E-state index in [1.165, 1.54) is 12.1 Å². The van der Waals surface area contributed by atoms with Gasteiger partial charge in [0.1, 0.15) is 17.7 Å². The van der Waals surface area contributed by atoms with E-state index in [4.69, 9.17) is 11.6 Å². The van der Waals surface area contributed by atoms with E-state index in [0.717, 1.165) is 5.52 Å². The van der Waals surface area contributed by atoms with Crippen molar-refractivity contribution in [2.24, 2.45) is 0 Å². The number of hydrogen-bond donors (Lipinski definition) is 0. The van der Waals surface area contributed by atoms with Crippen LogP contribution in [0.4, 0.5) is 4.39 Å². The first-order valence-electron chi connectivity index (χ1n) is 6.96. The average Bonchev–Trinajstić information content (AvgIpc) is 2.82. The largest absolute Gasteiger partial charge is 0.344 e. The highest BCUT2D eigenvalue weighted by Crippen LogP contribution is 2.24. The molecule has 2 rings (SSSR count). The Morgan fingerprint density at radius 1 is 1.52 bits per heavy atom. The Bertz CT molecular complexity index is 656. The molecule has 1 unspecified atom stereocenters. The fraction of sp³-hybridized carbons (Fsp3) is 0.467. The number of likely N-dealkylation sites (N-methyl/N-ethyl adjacent to an activating group) is 1. The highest BCUT2D eigenvalue weighted by molar-refractivity contribution is 6.17. The van der Waals surface area contributed by atoms with Gasteiger partial charge in [0.15, 0.2) is 0 Å². The molecule has 1 heterocycles. The lowest BCUT2D eigenvalue weighted by Crippen LogP contribution is -2.33. The van der Waals surface area contributed by atoms with Crippen LogP contribution in [0.3, 0.4) is 0 Å². The molecular formula is C15H19ClFN3O. The monoisotopic (exact) mass is 311 g/mol. The van der Waals surface area contributed by atoms with Gasteiger partial charge in [-0.1, -0.05) is 0 Å². The molecule has 4 nitrogen and oxygen atoms in total. The minimum Gasteiger partial charge on any atom is -0.344 e. The lowest BCUT2D eigenvalue weighted by molar-refractivity contribution is -0.132. The molecule has 0 N–H and O–H groups in total. The van der Waals surface area contributed by atoms with Gasteiger partial charge in [0.25, 0.3) is 0 Å². The Kier molecular flexibility index (Phi) is 4.83. The van der Waals surface area contributed by atoms with Crippen molar-refractivity contribution < 1.29 is 9.18 Å². The number of carbonyl (C=O) groups excluding carboxylic acids is 1. The number of fused-ring (bicyclic) bond motifs is 1. The Labute approximate surface area is 128 Å². The van der Waals surface area contributed by atoms with Crippen molar-refractivity contribution >= 4 is 28.5 Å². The van der Waals surface area contributed by atoms with E-state index in [0.29, 0.717) is 30.2 Å². The highest BCUT2D eigenvalue weighted by Gasteiger charge is 2.23. The van der Waals surface area contributed by atoms with E-state index >= 15 is 0 Å². The normalized spacial score (nSPS) is 12.6. The fourth-order valence-corrected chi connectivity index (χ4v) is 2.57. The van der Waals surface area contributed by atoms with E-state index in [1.807, 2.05) is 18.4 Å². The average molecular weight is 312 g/mol. The first kappa shape index (κ1) is 15.8. The number of hydrogen-bond acceptors (Lipinski definition) is 2. The Morgan fingerprint density at radius 3 is 2.86 bits per heavy atom. The zero-order valence-electron chi connectivity index (χ0n) is 12.4. The van der Waals surface area contributed by atoms with Crippen LogP contribution >= 0.6 is 11.6 Å². The van der Waals surface area contributed by atoms with E-state index in [9.17, 15) is 9.18 Å². The third kappa shape index (κ3) is 3.02. The molecule has 0 aliphatic heterocycles. The molecule has 0 spiro atoms. The van der Waals surface area contributed by atoms with Gasteiger partial charge >= 0.3 is 0 Å². The smallest absolute Gasteiger partial charge is 0.245 e. The standard InChI is InChI=1S/C15H19ClFN3O/c1-4-19(3)15(21)10(2)20-13-6-5-11(17)9-12(13)18-14(20)7-8-16/h5-6,9-10H,4,7-8H2,1-3H3. The number of benzene rings is 1. The number of nitrogens with zero attached hydrogens (tertiary/aromatic N) is 3. The molecule has 6 heteroatoms. The Hall–Kier alpha value is -1.62. The van der Waals surface area contributed by atoms with Crippen LogP contribution in [-0.2, 0) is 11.2 Å². The third-order valence-corrected chi connectivity index (χ3v) is 3.83. The van der Waals surface area contributed by atoms with Crippen molar-refractivity contribution in [3.63, 3.8) is 0 Å². The number of aryl methyl sites for hydroxylation is 1. The van der Waals surface area contributed by atoms with Crippen LogP contribution in [0.1, 0.15) is 25.7 Å². The van der Waals surface area contributed by atoms with Gasteiger partial charge < -0.3 is 9.47 Å². The lowest BCUT2D eigenvalue weighted by atomic mass is 10.2. The van der Waals surface area contributed by atoms with Gasteiger partial charge in [-0.25, -0.2) is 9.37 Å². The molecule has 0 aliphatic carbocycles. The van der Waals surface area contributed by atoms with E-state index < -0.39 is 6.04 Å². The van der Waals surface area contributed by atoms with Crippen LogP contribution in [0, 0.1) is 5.82 Å². The number of aromatic nitrogens is 2. The minimum atomic E-state index is -0.399. The number of alkyl halides is 1. The SMILES string of the molecule is CCN(C)C(=O)C(C)n1c(CCCl)nc2cc(F)ccc21. The maximum atomic E-state index is 13.4. The number of rotatable bonds is 5. The maximum absolute atomic E-state index is 13.4. The number of imidazole rings is 1. The van der Waals surface area contributed by atoms with Gasteiger partial charge in [0.2, 0.25) is 5.91 Å². The second kappa shape index (κ2) is 6.43. The second-order valence-corrected chi connectivity index (χ2v) is 5.38. The third-order valence-electron chi connectivity index (χ3n) is 3.64. The fourth-order valence-electron chi connectivity index (χ4n) is 2.40. The van der Waals surface area contributed by atoms with Crippen LogP contribution in [-0.4, -0.2) is 39.8 Å². The summed E-state index contributed by atoms with van der Waals surface area (Å²) >= 11 is 5.82. The Morgan fingerprint density at radius 2 is 2.24 bits per heavy atom. The predicted molar refractivity (Wildman–Crippen MR) is 82.1 cm³/mol. The molecule has 114 valence electrons. The first-order valence-corrected chi connectivity index (χ1v) is 7.50. The maximum Gasteiger partial charge on any atom is 0.245 e. The summed E-state index contributed by atoms with van der Waals surface area (Å²) in [5.41, 5.74) is 1.30. The highest BCUT2D eigenvalue weighted by atomic mass is 35.5. The quantitative estimate of drug-likeness (QED) is 0.796. The second-order valence-electron chi connectivity index (χ2n) is 5.00. The summed E-state index contributed by atoms with van der Waals surface area (Å²) < 4.78 is 15.2. The number of halogens is 2. The van der Waals surface area contributed by atoms with E-state index in [1.54, 1.807) is 18.0 Å². The molecule has 2 aromatic rings. The molecule has 0 bridgehead atoms. The summed E-state index contributed by atoms with van der Waals surface area (Å²) in [7, 11) is 1.76. The summed E-state index contributed by atoms with van der Waals surface area (Å²) in [5, 5.41) is 0. The molecule has 0 radical (unpaired) electrons. The Balaban J connectivity index is 2.54. The van der Waals surface area contributed by atoms with Gasteiger partial charge in [-0.05, 0) is 26.0 Å². The molecule has 1 aromatic heterocycles. The molecule has 0 saturated carbocycles. The van der Waals surface area contributed by atoms with Gasteiger partial charge in [0.05, 0.1) is 11.0 Å². The van der Waals surface area contributed by atoms with Crippen molar-refractivity contribution in [1.82, 2.24) is 14.5 Å². The van der Waals surface area contributed by atoms with E-state index in [2.05, 4.69) is 4.98 Å². The van der Waals surface area contributed by atoms with Gasteiger partial charge in [0, 0.05) is 32.0 Å². The summed E-state index contributed by atoms with van der Waals surface area (Å²) in [6.45, 7) is 4.39. The zero-order chi connectivity index (χ0) is 15.6. The van der Waals surface area contributed by atoms with Gasteiger partial charge in [-0.3, -0.25) is 4.79 Å². The van der Waals surface area contributed by atoms with Gasteiger partial charge in [-0.15, -0.1) is 11.6 Å². The van der Waals surface area contributed by atoms with Crippen LogP contribution in [0.2, 0.25) is 0 Å². The van der Waals surface area contributed by atoms with Crippen LogP contribution in [0.15, 0.2) is 18.2 Å². The molecule has 1 amide bonds. The number of carbonyl (C=O) groups is 1. The topological polar surface area (TPSA) is 38.1 Å². The van der Waals surface area contributed by atoms with Crippen LogP contribution in [0.5, 0.6) is 0 Å². The summed E-state index contributed by atoms with van der Waals surface area (Å²) in [5.74, 6) is 0.762. The number of amides is 1. The van der Waals surface area contributed by atoms with Crippen LogP contribution < -0.4 is 0 Å². The summed E-state index contributed by atoms with van der Waals surface area (Å²) in [4.78, 5) is 18.5. The van der Waals surface area contributed by atoms with Crippen molar-refractivity contribution in [2.75, 3.05) is 19.5 Å². The van der Waals surface area contributed by atoms with Crippen molar-refractivity contribution in [2.45, 2.75) is 26.3 Å². The van der Waals surface area contributed by atoms with Crippen LogP contribution in [0.25, 0.3) is 11.0 Å². The first-order chi connectivity index (χ1) is 9.99. The molecule has 0 saturated heterocycles. The van der Waals surface area contributed by atoms with Crippen molar-refractivity contribution in [1.29, 1.82) is 0 Å². The molecule has 1 atom stereocenters. The molecular weight excluding hydrogens is 293 g/mol. The lowest BCUT2D eigenvalue weighted by Gasteiger charge is -2.22. The van der Waals surface area contributed by atoms with Gasteiger partial charge in [-0.2, -0.15) is 0 Å². The van der Waals surface area contributed by atoms with E-state index in [-0.39, 0.29) is 11.7 Å². The molecule has 0 aliphatic rings. The predicted octanol–water partition coefficient (Wildman–Crippen LogP) is 3.00. The molecule has 1 aromatic carbocycles. The summed E-state index contributed by atoms with van der Waals surface area (Å²) in [6.07, 6.45) is 0.533. The molecule has 21 heavy (non-hydrogen) atoms. The zero-order valence-corrected chi connectivity index (χ0v) is 13.2. The van der Waals surface area contributed by atoms with Crippen molar-refractivity contribution in [3.05, 3.63) is 29.8 Å². The minimum absolute atomic E-state index is 0.00283. The van der Waals surface area contributed by atoms with Crippen molar-refractivity contribution in [3.8, 4) is 0 Å².